The highest BCUT2D eigenvalue weighted by atomic mass is 79.9. The van der Waals surface area contributed by atoms with Gasteiger partial charge in [0.05, 0.1) is 4.47 Å². The van der Waals surface area contributed by atoms with E-state index in [1.54, 1.807) is 12.4 Å². The Morgan fingerprint density at radius 3 is 2.62 bits per heavy atom. The molecule has 0 fully saturated rings. The summed E-state index contributed by atoms with van der Waals surface area (Å²) in [5.74, 6) is -0.635. The van der Waals surface area contributed by atoms with Gasteiger partial charge in [-0.3, -0.25) is 4.79 Å². The summed E-state index contributed by atoms with van der Waals surface area (Å²) in [6.07, 6.45) is 3.09. The van der Waals surface area contributed by atoms with E-state index in [9.17, 15) is 4.79 Å². The van der Waals surface area contributed by atoms with Crippen LogP contribution in [-0.4, -0.2) is 27.1 Å². The van der Waals surface area contributed by atoms with Crippen LogP contribution in [0.4, 0.5) is 5.95 Å². The third-order valence-electron chi connectivity index (χ3n) is 1.34. The lowest BCUT2D eigenvalue weighted by molar-refractivity contribution is -0.137. The van der Waals surface area contributed by atoms with Crippen LogP contribution >= 0.6 is 15.9 Å². The van der Waals surface area contributed by atoms with Crippen LogP contribution < -0.4 is 5.32 Å². The van der Waals surface area contributed by atoms with Gasteiger partial charge < -0.3 is 10.4 Å². The summed E-state index contributed by atoms with van der Waals surface area (Å²) < 4.78 is 0.751. The minimum absolute atomic E-state index is 0.304. The van der Waals surface area contributed by atoms with Crippen molar-refractivity contribution in [1.82, 2.24) is 9.97 Å². The standard InChI is InChI=1S/C7H8BrN3O2/c1-4(6(12)13)11-7-9-2-5(8)3-10-7/h2-4H,1H3,(H,12,13)(H,9,10,11)/t4-/m0/s1. The number of hydrogen-bond acceptors (Lipinski definition) is 4. The zero-order valence-electron chi connectivity index (χ0n) is 6.86. The second-order valence-electron chi connectivity index (χ2n) is 2.43. The van der Waals surface area contributed by atoms with Crippen molar-refractivity contribution in [3.05, 3.63) is 16.9 Å². The highest BCUT2D eigenvalue weighted by molar-refractivity contribution is 9.10. The number of aliphatic carboxylic acids is 1. The smallest absolute Gasteiger partial charge is 0.325 e. The largest absolute Gasteiger partial charge is 0.480 e. The number of carbonyl (C=O) groups is 1. The second kappa shape index (κ2) is 4.18. The van der Waals surface area contributed by atoms with Gasteiger partial charge in [-0.2, -0.15) is 0 Å². The SMILES string of the molecule is C[C@H](Nc1ncc(Br)cn1)C(=O)O. The number of hydrogen-bond donors (Lipinski definition) is 2. The molecule has 0 radical (unpaired) electrons. The number of aromatic nitrogens is 2. The molecule has 1 aromatic heterocycles. The van der Waals surface area contributed by atoms with Crippen LogP contribution in [0.15, 0.2) is 16.9 Å². The van der Waals surface area contributed by atoms with Gasteiger partial charge in [-0.1, -0.05) is 0 Å². The second-order valence-corrected chi connectivity index (χ2v) is 3.34. The van der Waals surface area contributed by atoms with Gasteiger partial charge in [-0.15, -0.1) is 0 Å². The van der Waals surface area contributed by atoms with Crippen molar-refractivity contribution in [3.8, 4) is 0 Å². The van der Waals surface area contributed by atoms with Crippen molar-refractivity contribution in [2.24, 2.45) is 0 Å². The van der Waals surface area contributed by atoms with Gasteiger partial charge in [-0.25, -0.2) is 9.97 Å². The molecule has 1 atom stereocenters. The van der Waals surface area contributed by atoms with Gasteiger partial charge in [0.15, 0.2) is 0 Å². The number of nitrogens with zero attached hydrogens (tertiary/aromatic N) is 2. The highest BCUT2D eigenvalue weighted by Crippen LogP contribution is 2.07. The average molecular weight is 246 g/mol. The van der Waals surface area contributed by atoms with Crippen LogP contribution in [0.3, 0.4) is 0 Å². The topological polar surface area (TPSA) is 75.1 Å². The van der Waals surface area contributed by atoms with Gasteiger partial charge in [0.25, 0.3) is 0 Å². The van der Waals surface area contributed by atoms with Crippen LogP contribution in [0.1, 0.15) is 6.92 Å². The third kappa shape index (κ3) is 2.98. The maximum atomic E-state index is 10.4. The number of nitrogens with one attached hydrogen (secondary N) is 1. The van der Waals surface area contributed by atoms with E-state index >= 15 is 0 Å². The van der Waals surface area contributed by atoms with Gasteiger partial charge in [-0.05, 0) is 22.9 Å². The predicted octanol–water partition coefficient (Wildman–Crippen LogP) is 1.12. The molecule has 6 heteroatoms. The molecule has 0 saturated carbocycles. The molecule has 1 aromatic rings. The molecule has 2 N–H and O–H groups in total. The average Bonchev–Trinajstić information content (AvgIpc) is 2.08. The lowest BCUT2D eigenvalue weighted by Gasteiger charge is -2.07. The van der Waals surface area contributed by atoms with E-state index in [0.29, 0.717) is 5.95 Å². The molecule has 5 nitrogen and oxygen atoms in total. The molecule has 0 aliphatic heterocycles. The van der Waals surface area contributed by atoms with E-state index in [4.69, 9.17) is 5.11 Å². The molecule has 0 aliphatic rings. The minimum Gasteiger partial charge on any atom is -0.480 e. The monoisotopic (exact) mass is 245 g/mol. The molecule has 0 bridgehead atoms. The fourth-order valence-electron chi connectivity index (χ4n) is 0.642. The van der Waals surface area contributed by atoms with Gasteiger partial charge >= 0.3 is 5.97 Å². The van der Waals surface area contributed by atoms with E-state index in [1.807, 2.05) is 0 Å². The highest BCUT2D eigenvalue weighted by Gasteiger charge is 2.10. The van der Waals surface area contributed by atoms with Crippen molar-refractivity contribution in [2.75, 3.05) is 5.32 Å². The van der Waals surface area contributed by atoms with Gasteiger partial charge in [0.1, 0.15) is 6.04 Å². The van der Waals surface area contributed by atoms with E-state index in [2.05, 4.69) is 31.2 Å². The maximum Gasteiger partial charge on any atom is 0.325 e. The number of anilines is 1. The molecule has 0 aliphatic carbocycles. The van der Waals surface area contributed by atoms with Crippen LogP contribution in [0, 0.1) is 0 Å². The van der Waals surface area contributed by atoms with E-state index in [0.717, 1.165) is 4.47 Å². The van der Waals surface area contributed by atoms with Crippen molar-refractivity contribution in [2.45, 2.75) is 13.0 Å². The molecule has 0 amide bonds. The Morgan fingerprint density at radius 1 is 1.62 bits per heavy atom. The molecule has 1 heterocycles. The zero-order valence-corrected chi connectivity index (χ0v) is 8.45. The number of carboxylic acid groups (broad SMARTS) is 1. The van der Waals surface area contributed by atoms with Crippen molar-refractivity contribution >= 4 is 27.8 Å². The lowest BCUT2D eigenvalue weighted by atomic mass is 10.3. The summed E-state index contributed by atoms with van der Waals surface area (Å²) in [4.78, 5) is 18.2. The first-order valence-corrected chi connectivity index (χ1v) is 4.36. The Morgan fingerprint density at radius 2 is 2.15 bits per heavy atom. The number of carboxylic acids is 1. The molecule has 0 spiro atoms. The Balaban J connectivity index is 2.64. The van der Waals surface area contributed by atoms with Crippen LogP contribution in [0.2, 0.25) is 0 Å². The molecule has 0 unspecified atom stereocenters. The van der Waals surface area contributed by atoms with Crippen LogP contribution in [0.5, 0.6) is 0 Å². The predicted molar refractivity (Wildman–Crippen MR) is 50.5 cm³/mol. The fraction of sp³-hybridized carbons (Fsp3) is 0.286. The quantitative estimate of drug-likeness (QED) is 0.835. The molecule has 70 valence electrons. The van der Waals surface area contributed by atoms with Crippen molar-refractivity contribution < 1.29 is 9.90 Å². The minimum atomic E-state index is -0.938. The maximum absolute atomic E-state index is 10.4. The first-order valence-electron chi connectivity index (χ1n) is 3.56. The first kappa shape index (κ1) is 9.91. The number of rotatable bonds is 3. The first-order chi connectivity index (χ1) is 6.09. The van der Waals surface area contributed by atoms with E-state index in [1.165, 1.54) is 6.92 Å². The van der Waals surface area contributed by atoms with E-state index < -0.39 is 12.0 Å². The Hall–Kier alpha value is -1.17. The molecule has 0 saturated heterocycles. The summed E-state index contributed by atoms with van der Waals surface area (Å²) in [5, 5.41) is 11.2. The summed E-state index contributed by atoms with van der Waals surface area (Å²) in [5.41, 5.74) is 0. The molecule has 1 rings (SSSR count). The van der Waals surface area contributed by atoms with Crippen molar-refractivity contribution in [1.29, 1.82) is 0 Å². The Labute approximate surface area is 83.3 Å². The third-order valence-corrected chi connectivity index (χ3v) is 1.75. The summed E-state index contributed by atoms with van der Waals surface area (Å²) >= 11 is 3.17. The van der Waals surface area contributed by atoms with Gasteiger partial charge in [0, 0.05) is 12.4 Å². The summed E-state index contributed by atoms with van der Waals surface area (Å²) in [6, 6.07) is -0.693. The lowest BCUT2D eigenvalue weighted by Crippen LogP contribution is -2.26. The zero-order chi connectivity index (χ0) is 9.84. The summed E-state index contributed by atoms with van der Waals surface area (Å²) in [6.45, 7) is 1.52. The number of halogens is 1. The normalized spacial score (nSPS) is 12.2. The van der Waals surface area contributed by atoms with Gasteiger partial charge in [0.2, 0.25) is 5.95 Å². The molecular formula is C7H8BrN3O2. The fourth-order valence-corrected chi connectivity index (χ4v) is 0.847. The van der Waals surface area contributed by atoms with E-state index in [-0.39, 0.29) is 0 Å². The molecular weight excluding hydrogens is 238 g/mol. The van der Waals surface area contributed by atoms with Crippen LogP contribution in [-0.2, 0) is 4.79 Å². The van der Waals surface area contributed by atoms with Crippen molar-refractivity contribution in [3.63, 3.8) is 0 Å². The summed E-state index contributed by atoms with van der Waals surface area (Å²) in [7, 11) is 0. The Kier molecular flexibility index (Phi) is 3.18. The molecule has 13 heavy (non-hydrogen) atoms. The molecule has 0 aromatic carbocycles. The van der Waals surface area contributed by atoms with Crippen LogP contribution in [0.25, 0.3) is 0 Å². The Bertz CT molecular complexity index is 301.